The summed E-state index contributed by atoms with van der Waals surface area (Å²) in [5, 5.41) is 0.996. The summed E-state index contributed by atoms with van der Waals surface area (Å²) in [6, 6.07) is 10.7. The van der Waals surface area contributed by atoms with Crippen LogP contribution in [-0.2, 0) is 12.8 Å². The number of aromatic nitrogens is 1. The molecule has 0 radical (unpaired) electrons. The number of hydrogen-bond donors (Lipinski definition) is 0. The average Bonchev–Trinajstić information content (AvgIpc) is 2.40. The maximum atomic E-state index is 4.22. The van der Waals surface area contributed by atoms with Crippen LogP contribution in [0, 0.1) is 5.92 Å². The van der Waals surface area contributed by atoms with Crippen molar-refractivity contribution in [2.24, 2.45) is 5.92 Å². The van der Waals surface area contributed by atoms with Crippen LogP contribution in [-0.4, -0.2) is 10.3 Å². The minimum Gasteiger partial charge on any atom is -0.263 e. The van der Waals surface area contributed by atoms with Gasteiger partial charge < -0.3 is 0 Å². The lowest BCUT2D eigenvalue weighted by Crippen LogP contribution is -2.10. The second kappa shape index (κ2) is 7.55. The van der Waals surface area contributed by atoms with Crippen molar-refractivity contribution in [2.45, 2.75) is 12.8 Å². The van der Waals surface area contributed by atoms with Gasteiger partial charge in [0.25, 0.3) is 0 Å². The van der Waals surface area contributed by atoms with E-state index in [-0.39, 0.29) is 0 Å². The lowest BCUT2D eigenvalue weighted by atomic mass is 9.95. The summed E-state index contributed by atoms with van der Waals surface area (Å²) >= 11 is 10.6. The quantitative estimate of drug-likeness (QED) is 0.559. The lowest BCUT2D eigenvalue weighted by Gasteiger charge is -2.14. The molecule has 4 heteroatoms. The van der Waals surface area contributed by atoms with E-state index in [2.05, 4.69) is 83.1 Å². The number of pyridine rings is 1. The van der Waals surface area contributed by atoms with Crippen LogP contribution in [0.3, 0.4) is 0 Å². The monoisotopic (exact) mass is 445 g/mol. The van der Waals surface area contributed by atoms with E-state index in [1.54, 1.807) is 0 Å². The van der Waals surface area contributed by atoms with E-state index >= 15 is 0 Å². The molecule has 0 saturated heterocycles. The predicted molar refractivity (Wildman–Crippen MR) is 90.8 cm³/mol. The molecule has 1 aromatic heterocycles. The maximum absolute atomic E-state index is 4.22. The summed E-state index contributed by atoms with van der Waals surface area (Å²) < 4.78 is 2.17. The minimum atomic E-state index is 0.581. The molecule has 0 saturated carbocycles. The minimum absolute atomic E-state index is 0.581. The Hall–Kier alpha value is -0.190. The number of rotatable bonds is 5. The zero-order valence-corrected chi connectivity index (χ0v) is 15.1. The summed E-state index contributed by atoms with van der Waals surface area (Å²) in [6.07, 6.45) is 5.88. The van der Waals surface area contributed by atoms with Crippen LogP contribution >= 0.6 is 47.8 Å². The molecule has 0 fully saturated rings. The van der Waals surface area contributed by atoms with Crippen LogP contribution in [0.4, 0.5) is 0 Å². The molecule has 0 spiro atoms. The first kappa shape index (κ1) is 15.2. The molecule has 0 N–H and O–H groups in total. The third kappa shape index (κ3) is 5.01. The molecule has 0 amide bonds. The van der Waals surface area contributed by atoms with Gasteiger partial charge in [-0.1, -0.05) is 44.0 Å². The largest absolute Gasteiger partial charge is 0.263 e. The first-order valence-electron chi connectivity index (χ1n) is 6.07. The fraction of sp³-hybridized carbons (Fsp3) is 0.267. The van der Waals surface area contributed by atoms with Gasteiger partial charge in [0.15, 0.2) is 0 Å². The number of halogens is 3. The van der Waals surface area contributed by atoms with Gasteiger partial charge in [-0.15, -0.1) is 0 Å². The summed E-state index contributed by atoms with van der Waals surface area (Å²) in [7, 11) is 0. The first-order chi connectivity index (χ1) is 9.17. The van der Waals surface area contributed by atoms with E-state index in [1.807, 2.05) is 12.4 Å². The molecular formula is C15H14Br3N. The van der Waals surface area contributed by atoms with Crippen LogP contribution in [0.2, 0.25) is 0 Å². The van der Waals surface area contributed by atoms with E-state index in [1.165, 1.54) is 11.1 Å². The molecule has 2 rings (SSSR count). The fourth-order valence-corrected chi connectivity index (χ4v) is 3.17. The third-order valence-corrected chi connectivity index (χ3v) is 4.82. The second-order valence-electron chi connectivity index (χ2n) is 4.57. The van der Waals surface area contributed by atoms with Crippen molar-refractivity contribution in [3.05, 3.63) is 62.8 Å². The van der Waals surface area contributed by atoms with Crippen LogP contribution in [0.5, 0.6) is 0 Å². The Kier molecular flexibility index (Phi) is 6.05. The van der Waals surface area contributed by atoms with Crippen LogP contribution < -0.4 is 0 Å². The molecule has 1 nitrogen and oxygen atoms in total. The van der Waals surface area contributed by atoms with Crippen LogP contribution in [0.15, 0.2) is 51.7 Å². The van der Waals surface area contributed by atoms with Crippen molar-refractivity contribution in [3.8, 4) is 0 Å². The molecule has 1 aromatic carbocycles. The van der Waals surface area contributed by atoms with Gasteiger partial charge in [-0.25, -0.2) is 0 Å². The molecule has 19 heavy (non-hydrogen) atoms. The molecule has 1 atom stereocenters. The normalized spacial score (nSPS) is 12.4. The van der Waals surface area contributed by atoms with Gasteiger partial charge in [0.2, 0.25) is 0 Å². The molecule has 1 heterocycles. The van der Waals surface area contributed by atoms with Gasteiger partial charge in [-0.3, -0.25) is 4.98 Å². The van der Waals surface area contributed by atoms with Gasteiger partial charge in [0, 0.05) is 26.7 Å². The Balaban J connectivity index is 2.02. The highest BCUT2D eigenvalue weighted by atomic mass is 79.9. The van der Waals surface area contributed by atoms with Crippen molar-refractivity contribution in [2.75, 3.05) is 5.33 Å². The van der Waals surface area contributed by atoms with E-state index in [0.717, 1.165) is 27.1 Å². The van der Waals surface area contributed by atoms with Crippen molar-refractivity contribution < 1.29 is 0 Å². The van der Waals surface area contributed by atoms with E-state index in [0.29, 0.717) is 5.92 Å². The highest BCUT2D eigenvalue weighted by Gasteiger charge is 2.10. The number of hydrogen-bond acceptors (Lipinski definition) is 1. The van der Waals surface area contributed by atoms with E-state index in [9.17, 15) is 0 Å². The van der Waals surface area contributed by atoms with E-state index < -0.39 is 0 Å². The smallest absolute Gasteiger partial charge is 0.0410 e. The summed E-state index contributed by atoms with van der Waals surface area (Å²) in [5.41, 5.74) is 2.64. The average molecular weight is 448 g/mol. The standard InChI is InChI=1S/C15H14Br3N/c16-8-12(5-11-1-3-14(17)4-2-11)6-13-7-15(18)10-19-9-13/h1-4,7,9-10,12H,5-6,8H2. The Labute approximate surface area is 139 Å². The fourth-order valence-electron chi connectivity index (χ4n) is 2.04. The zero-order valence-electron chi connectivity index (χ0n) is 10.3. The molecule has 0 bridgehead atoms. The van der Waals surface area contributed by atoms with Crippen molar-refractivity contribution in [3.63, 3.8) is 0 Å². The van der Waals surface area contributed by atoms with Gasteiger partial charge in [-0.05, 0) is 64.0 Å². The van der Waals surface area contributed by atoms with E-state index in [4.69, 9.17) is 0 Å². The molecule has 100 valence electrons. The van der Waals surface area contributed by atoms with Crippen molar-refractivity contribution >= 4 is 47.8 Å². The Morgan fingerprint density at radius 1 is 0.895 bits per heavy atom. The zero-order chi connectivity index (χ0) is 13.7. The van der Waals surface area contributed by atoms with Crippen molar-refractivity contribution in [1.82, 2.24) is 4.98 Å². The van der Waals surface area contributed by atoms with Crippen LogP contribution in [0.1, 0.15) is 11.1 Å². The molecule has 0 aliphatic rings. The number of alkyl halides is 1. The predicted octanol–water partition coefficient (Wildman–Crippen LogP) is 5.40. The van der Waals surface area contributed by atoms with Crippen LogP contribution in [0.25, 0.3) is 0 Å². The second-order valence-corrected chi connectivity index (χ2v) is 7.05. The number of benzene rings is 1. The molecule has 2 aromatic rings. The Morgan fingerprint density at radius 2 is 1.58 bits per heavy atom. The van der Waals surface area contributed by atoms with Gasteiger partial charge in [0.1, 0.15) is 0 Å². The highest BCUT2D eigenvalue weighted by Crippen LogP contribution is 2.20. The molecule has 0 aliphatic carbocycles. The topological polar surface area (TPSA) is 12.9 Å². The molecule has 0 aliphatic heterocycles. The number of nitrogens with zero attached hydrogens (tertiary/aromatic N) is 1. The third-order valence-electron chi connectivity index (χ3n) is 2.94. The SMILES string of the molecule is BrCC(Cc1ccc(Br)cc1)Cc1cncc(Br)c1. The van der Waals surface area contributed by atoms with Crippen molar-refractivity contribution in [1.29, 1.82) is 0 Å². The highest BCUT2D eigenvalue weighted by molar-refractivity contribution is 9.10. The lowest BCUT2D eigenvalue weighted by molar-refractivity contribution is 0.590. The molecular weight excluding hydrogens is 434 g/mol. The summed E-state index contributed by atoms with van der Waals surface area (Å²) in [6.45, 7) is 0. The maximum Gasteiger partial charge on any atom is 0.0410 e. The molecule has 1 unspecified atom stereocenters. The Morgan fingerprint density at radius 3 is 2.21 bits per heavy atom. The van der Waals surface area contributed by atoms with Gasteiger partial charge >= 0.3 is 0 Å². The summed E-state index contributed by atoms with van der Waals surface area (Å²) in [5.74, 6) is 0.581. The summed E-state index contributed by atoms with van der Waals surface area (Å²) in [4.78, 5) is 4.22. The Bertz CT molecular complexity index is 525. The first-order valence-corrected chi connectivity index (χ1v) is 8.78. The van der Waals surface area contributed by atoms with Gasteiger partial charge in [0.05, 0.1) is 0 Å². The van der Waals surface area contributed by atoms with Gasteiger partial charge in [-0.2, -0.15) is 0 Å².